The molecule has 5 heteroatoms. The molecule has 0 radical (unpaired) electrons. The Labute approximate surface area is 85.8 Å². The maximum Gasteiger partial charge on any atom is 0.499 e. The first-order chi connectivity index (χ1) is 6.77. The summed E-state index contributed by atoms with van der Waals surface area (Å²) in [4.78, 5) is 4.98. The van der Waals surface area contributed by atoms with E-state index in [2.05, 4.69) is 4.98 Å². The molecule has 0 unspecified atom stereocenters. The largest absolute Gasteiger partial charge is 0.499 e. The Morgan fingerprint density at radius 1 is 1.21 bits per heavy atom. The summed E-state index contributed by atoms with van der Waals surface area (Å²) in [6.45, 7) is 0. The van der Waals surface area contributed by atoms with E-state index in [1.54, 1.807) is 18.5 Å². The second-order valence-electron chi connectivity index (χ2n) is 2.82. The van der Waals surface area contributed by atoms with Gasteiger partial charge in [0.25, 0.3) is 0 Å². The highest BCUT2D eigenvalue weighted by atomic mass is 32.1. The number of hydrogen-bond acceptors (Lipinski definition) is 4. The van der Waals surface area contributed by atoms with Crippen LogP contribution in [0, 0.1) is 0 Å². The molecule has 0 aliphatic heterocycles. The minimum atomic E-state index is -1.38. The van der Waals surface area contributed by atoms with Crippen LogP contribution in [-0.2, 0) is 0 Å². The summed E-state index contributed by atoms with van der Waals surface area (Å²) in [5.41, 5.74) is 0.990. The Morgan fingerprint density at radius 3 is 2.64 bits per heavy atom. The van der Waals surface area contributed by atoms with Gasteiger partial charge in [0.2, 0.25) is 0 Å². The predicted molar refractivity (Wildman–Crippen MR) is 57.4 cm³/mol. The van der Waals surface area contributed by atoms with E-state index in [0.29, 0.717) is 4.78 Å². The van der Waals surface area contributed by atoms with Gasteiger partial charge in [-0.2, -0.15) is 0 Å². The number of hydrogen-bond donors (Lipinski definition) is 2. The fourth-order valence-electron chi connectivity index (χ4n) is 1.16. The van der Waals surface area contributed by atoms with Crippen molar-refractivity contribution in [1.82, 2.24) is 4.98 Å². The van der Waals surface area contributed by atoms with Crippen molar-refractivity contribution in [3.05, 3.63) is 36.7 Å². The molecule has 0 aliphatic carbocycles. The summed E-state index contributed by atoms with van der Waals surface area (Å²) < 4.78 is 0.545. The van der Waals surface area contributed by atoms with Crippen molar-refractivity contribution in [2.45, 2.75) is 0 Å². The number of nitrogens with zero attached hydrogens (tertiary/aromatic N) is 1. The predicted octanol–water partition coefficient (Wildman–Crippen LogP) is 0.490. The SMILES string of the molecule is OB(O)c1ccc(-c2cccnc2)s1. The molecule has 3 nitrogen and oxygen atoms in total. The third-order valence-electron chi connectivity index (χ3n) is 1.83. The number of rotatable bonds is 2. The first kappa shape index (κ1) is 9.39. The lowest BCUT2D eigenvalue weighted by atomic mass is 9.90. The summed E-state index contributed by atoms with van der Waals surface area (Å²) in [5, 5.41) is 17.9. The molecular weight excluding hydrogens is 197 g/mol. The van der Waals surface area contributed by atoms with E-state index in [9.17, 15) is 0 Å². The van der Waals surface area contributed by atoms with Crippen LogP contribution in [0.25, 0.3) is 10.4 Å². The molecule has 0 aromatic carbocycles. The van der Waals surface area contributed by atoms with E-state index in [4.69, 9.17) is 10.0 Å². The van der Waals surface area contributed by atoms with Crippen molar-refractivity contribution in [3.8, 4) is 10.4 Å². The molecular formula is C9H8BNO2S. The molecule has 2 rings (SSSR count). The fraction of sp³-hybridized carbons (Fsp3) is 0. The maximum atomic E-state index is 8.93. The normalized spacial score (nSPS) is 10.1. The molecule has 0 spiro atoms. The van der Waals surface area contributed by atoms with Gasteiger partial charge in [-0.3, -0.25) is 4.98 Å². The zero-order valence-corrected chi connectivity index (χ0v) is 8.11. The molecule has 0 amide bonds. The fourth-order valence-corrected chi connectivity index (χ4v) is 2.03. The molecule has 2 N–H and O–H groups in total. The number of thiophene rings is 1. The van der Waals surface area contributed by atoms with Gasteiger partial charge in [-0.15, -0.1) is 11.3 Å². The lowest BCUT2D eigenvalue weighted by molar-refractivity contribution is 0.427. The van der Waals surface area contributed by atoms with Crippen molar-refractivity contribution >= 4 is 23.2 Å². The monoisotopic (exact) mass is 205 g/mol. The van der Waals surface area contributed by atoms with Gasteiger partial charge in [0.1, 0.15) is 0 Å². The minimum Gasteiger partial charge on any atom is -0.423 e. The Kier molecular flexibility index (Phi) is 2.63. The van der Waals surface area contributed by atoms with E-state index >= 15 is 0 Å². The molecule has 0 atom stereocenters. The van der Waals surface area contributed by atoms with E-state index < -0.39 is 7.12 Å². The van der Waals surface area contributed by atoms with Crippen LogP contribution in [0.2, 0.25) is 0 Å². The Morgan fingerprint density at radius 2 is 2.07 bits per heavy atom. The molecule has 0 bridgehead atoms. The average molecular weight is 205 g/mol. The number of aromatic nitrogens is 1. The molecule has 0 aliphatic rings. The van der Waals surface area contributed by atoms with Crippen LogP contribution in [-0.4, -0.2) is 22.2 Å². The zero-order valence-electron chi connectivity index (χ0n) is 7.29. The molecule has 2 aromatic heterocycles. The van der Waals surface area contributed by atoms with Gasteiger partial charge < -0.3 is 10.0 Å². The van der Waals surface area contributed by atoms with Gasteiger partial charge in [0.05, 0.1) is 0 Å². The summed E-state index contributed by atoms with van der Waals surface area (Å²) >= 11 is 1.35. The molecule has 0 fully saturated rings. The second-order valence-corrected chi connectivity index (χ2v) is 3.93. The van der Waals surface area contributed by atoms with Crippen molar-refractivity contribution in [2.24, 2.45) is 0 Å². The maximum absolute atomic E-state index is 8.93. The van der Waals surface area contributed by atoms with E-state index in [0.717, 1.165) is 10.4 Å². The van der Waals surface area contributed by atoms with Gasteiger partial charge in [0, 0.05) is 27.6 Å². The van der Waals surface area contributed by atoms with Crippen LogP contribution in [0.5, 0.6) is 0 Å². The third-order valence-corrected chi connectivity index (χ3v) is 3.00. The standard InChI is InChI=1S/C9H8BNO2S/c12-10(13)9-4-3-8(14-9)7-2-1-5-11-6-7/h1-6,12-13H. The van der Waals surface area contributed by atoms with Crippen LogP contribution in [0.15, 0.2) is 36.7 Å². The zero-order chi connectivity index (χ0) is 9.97. The van der Waals surface area contributed by atoms with Crippen LogP contribution in [0.4, 0.5) is 0 Å². The molecule has 2 aromatic rings. The average Bonchev–Trinajstić information content (AvgIpc) is 2.68. The minimum absolute atomic E-state index is 0.545. The van der Waals surface area contributed by atoms with Gasteiger partial charge in [-0.1, -0.05) is 12.1 Å². The molecule has 0 saturated heterocycles. The molecule has 14 heavy (non-hydrogen) atoms. The van der Waals surface area contributed by atoms with Crippen molar-refractivity contribution in [2.75, 3.05) is 0 Å². The van der Waals surface area contributed by atoms with Crippen molar-refractivity contribution in [1.29, 1.82) is 0 Å². The second kappa shape index (κ2) is 3.92. The van der Waals surface area contributed by atoms with Crippen molar-refractivity contribution in [3.63, 3.8) is 0 Å². The Bertz CT molecular complexity index is 416. The lowest BCUT2D eigenvalue weighted by Gasteiger charge is -1.94. The first-order valence-corrected chi connectivity index (χ1v) is 4.95. The van der Waals surface area contributed by atoms with Gasteiger partial charge in [-0.05, 0) is 12.1 Å². The number of pyridine rings is 1. The highest BCUT2D eigenvalue weighted by molar-refractivity contribution is 7.24. The smallest absolute Gasteiger partial charge is 0.423 e. The third kappa shape index (κ3) is 1.84. The molecule has 2 heterocycles. The molecule has 70 valence electrons. The summed E-state index contributed by atoms with van der Waals surface area (Å²) in [6.07, 6.45) is 3.46. The Balaban J connectivity index is 2.34. The molecule has 0 saturated carbocycles. The highest BCUT2D eigenvalue weighted by Gasteiger charge is 2.13. The quantitative estimate of drug-likeness (QED) is 0.701. The van der Waals surface area contributed by atoms with Crippen LogP contribution in [0.1, 0.15) is 0 Å². The van der Waals surface area contributed by atoms with E-state index in [-0.39, 0.29) is 0 Å². The first-order valence-electron chi connectivity index (χ1n) is 4.13. The topological polar surface area (TPSA) is 53.4 Å². The lowest BCUT2D eigenvalue weighted by Crippen LogP contribution is -2.26. The van der Waals surface area contributed by atoms with Crippen LogP contribution < -0.4 is 4.78 Å². The van der Waals surface area contributed by atoms with Gasteiger partial charge in [-0.25, -0.2) is 0 Å². The van der Waals surface area contributed by atoms with Crippen molar-refractivity contribution < 1.29 is 10.0 Å². The van der Waals surface area contributed by atoms with E-state index in [1.165, 1.54) is 11.3 Å². The van der Waals surface area contributed by atoms with E-state index in [1.807, 2.05) is 18.2 Å². The Hall–Kier alpha value is -1.17. The van der Waals surface area contributed by atoms with Crippen LogP contribution >= 0.6 is 11.3 Å². The summed E-state index contributed by atoms with van der Waals surface area (Å²) in [6, 6.07) is 7.35. The highest BCUT2D eigenvalue weighted by Crippen LogP contribution is 2.21. The van der Waals surface area contributed by atoms with Crippen LogP contribution in [0.3, 0.4) is 0 Å². The van der Waals surface area contributed by atoms with Gasteiger partial charge >= 0.3 is 7.12 Å². The summed E-state index contributed by atoms with van der Waals surface area (Å²) in [5.74, 6) is 0. The summed E-state index contributed by atoms with van der Waals surface area (Å²) in [7, 11) is -1.38. The van der Waals surface area contributed by atoms with Gasteiger partial charge in [0.15, 0.2) is 0 Å².